The molecule has 1 aromatic rings. The van der Waals surface area contributed by atoms with Crippen molar-refractivity contribution in [3.05, 3.63) is 24.3 Å². The van der Waals surface area contributed by atoms with Crippen molar-refractivity contribution in [2.75, 3.05) is 11.4 Å². The third-order valence-electron chi connectivity index (χ3n) is 3.01. The highest BCUT2D eigenvalue weighted by atomic mass is 16.4. The predicted octanol–water partition coefficient (Wildman–Crippen LogP) is 0.0884. The van der Waals surface area contributed by atoms with Crippen LogP contribution >= 0.6 is 0 Å². The van der Waals surface area contributed by atoms with Gasteiger partial charge in [0.2, 0.25) is 11.8 Å². The van der Waals surface area contributed by atoms with E-state index in [2.05, 4.69) is 5.32 Å². The Kier molecular flexibility index (Phi) is 3.88. The summed E-state index contributed by atoms with van der Waals surface area (Å²) in [5.74, 6) is -1.82. The Hall–Kier alpha value is -2.57. The summed E-state index contributed by atoms with van der Waals surface area (Å²) in [4.78, 5) is 35.4. The Morgan fingerprint density at radius 3 is 2.45 bits per heavy atom. The highest BCUT2D eigenvalue weighted by molar-refractivity contribution is 6.03. The van der Waals surface area contributed by atoms with Gasteiger partial charge in [-0.3, -0.25) is 19.3 Å². The Labute approximate surface area is 114 Å². The van der Waals surface area contributed by atoms with Gasteiger partial charge in [0.15, 0.2) is 0 Å². The summed E-state index contributed by atoms with van der Waals surface area (Å²) in [6.07, 6.45) is 0.610. The predicted molar refractivity (Wildman–Crippen MR) is 69.3 cm³/mol. The number of phenolic OH excluding ortho intramolecular Hbond substituents is 1. The molecule has 0 bridgehead atoms. The van der Waals surface area contributed by atoms with Crippen LogP contribution in [-0.4, -0.2) is 40.6 Å². The Balaban J connectivity index is 2.22. The third-order valence-corrected chi connectivity index (χ3v) is 3.01. The average molecular weight is 278 g/mol. The van der Waals surface area contributed by atoms with Crippen LogP contribution in [0.4, 0.5) is 5.69 Å². The first-order valence-electron chi connectivity index (χ1n) is 6.09. The molecule has 1 aliphatic rings. The Bertz CT molecular complexity index is 540. The number of nitrogens with zero attached hydrogens (tertiary/aromatic N) is 1. The summed E-state index contributed by atoms with van der Waals surface area (Å²) in [6.45, 7) is -0.504. The van der Waals surface area contributed by atoms with Gasteiger partial charge < -0.3 is 15.5 Å². The molecular weight excluding hydrogens is 264 g/mol. The van der Waals surface area contributed by atoms with E-state index in [0.717, 1.165) is 4.90 Å². The van der Waals surface area contributed by atoms with Crippen molar-refractivity contribution in [2.24, 2.45) is 0 Å². The zero-order valence-electron chi connectivity index (χ0n) is 10.6. The zero-order valence-corrected chi connectivity index (χ0v) is 10.6. The van der Waals surface area contributed by atoms with Crippen LogP contribution < -0.4 is 10.2 Å². The van der Waals surface area contributed by atoms with Crippen LogP contribution in [0.2, 0.25) is 0 Å². The van der Waals surface area contributed by atoms with Crippen LogP contribution in [0.1, 0.15) is 12.8 Å². The topological polar surface area (TPSA) is 107 Å². The number of rotatable bonds is 4. The number of carbonyl (C=O) groups is 3. The number of aromatic hydroxyl groups is 1. The molecule has 1 saturated heterocycles. The van der Waals surface area contributed by atoms with Crippen LogP contribution in [0, 0.1) is 0 Å². The molecule has 7 nitrogen and oxygen atoms in total. The maximum absolute atomic E-state index is 12.3. The van der Waals surface area contributed by atoms with Crippen LogP contribution in [0.3, 0.4) is 0 Å². The number of phenols is 1. The van der Waals surface area contributed by atoms with E-state index in [4.69, 9.17) is 5.11 Å². The van der Waals surface area contributed by atoms with E-state index in [1.54, 1.807) is 0 Å². The van der Waals surface area contributed by atoms with Gasteiger partial charge in [0.05, 0.1) is 0 Å². The molecule has 1 fully saturated rings. The van der Waals surface area contributed by atoms with Gasteiger partial charge in [-0.05, 0) is 30.7 Å². The number of hydrogen-bond donors (Lipinski definition) is 3. The molecule has 3 N–H and O–H groups in total. The van der Waals surface area contributed by atoms with Gasteiger partial charge in [0, 0.05) is 12.1 Å². The number of carboxylic acids is 1. The van der Waals surface area contributed by atoms with Gasteiger partial charge in [0.1, 0.15) is 18.3 Å². The van der Waals surface area contributed by atoms with Crippen molar-refractivity contribution in [3.63, 3.8) is 0 Å². The maximum Gasteiger partial charge on any atom is 0.323 e. The summed E-state index contributed by atoms with van der Waals surface area (Å²) >= 11 is 0. The average Bonchev–Trinajstić information content (AvgIpc) is 2.83. The second-order valence-electron chi connectivity index (χ2n) is 4.49. The summed E-state index contributed by atoms with van der Waals surface area (Å²) in [7, 11) is 0. The van der Waals surface area contributed by atoms with E-state index >= 15 is 0 Å². The number of amides is 2. The monoisotopic (exact) mass is 278 g/mol. The van der Waals surface area contributed by atoms with Crippen LogP contribution in [-0.2, 0) is 14.4 Å². The van der Waals surface area contributed by atoms with Crippen molar-refractivity contribution >= 4 is 23.5 Å². The summed E-state index contributed by atoms with van der Waals surface area (Å²) in [5, 5.41) is 20.7. The van der Waals surface area contributed by atoms with E-state index in [0.29, 0.717) is 12.1 Å². The van der Waals surface area contributed by atoms with Gasteiger partial charge in [-0.15, -0.1) is 0 Å². The van der Waals surface area contributed by atoms with E-state index in [1.807, 2.05) is 0 Å². The van der Waals surface area contributed by atoms with Crippen molar-refractivity contribution in [1.82, 2.24) is 5.32 Å². The molecule has 0 spiro atoms. The lowest BCUT2D eigenvalue weighted by Gasteiger charge is -2.24. The maximum atomic E-state index is 12.3. The van der Waals surface area contributed by atoms with Gasteiger partial charge in [-0.1, -0.05) is 0 Å². The van der Waals surface area contributed by atoms with Crippen molar-refractivity contribution in [3.8, 4) is 5.75 Å². The number of benzene rings is 1. The van der Waals surface area contributed by atoms with Crippen LogP contribution in [0.25, 0.3) is 0 Å². The highest BCUT2D eigenvalue weighted by Crippen LogP contribution is 2.21. The molecule has 2 rings (SSSR count). The van der Waals surface area contributed by atoms with Gasteiger partial charge >= 0.3 is 5.97 Å². The minimum atomic E-state index is -1.16. The van der Waals surface area contributed by atoms with Crippen molar-refractivity contribution in [1.29, 1.82) is 0 Å². The molecule has 0 saturated carbocycles. The minimum absolute atomic E-state index is 0.0191. The van der Waals surface area contributed by atoms with E-state index in [-0.39, 0.29) is 18.1 Å². The fraction of sp³-hybridized carbons (Fsp3) is 0.308. The lowest BCUT2D eigenvalue weighted by molar-refractivity contribution is -0.136. The molecule has 1 aromatic carbocycles. The molecule has 1 unspecified atom stereocenters. The highest BCUT2D eigenvalue weighted by Gasteiger charge is 2.32. The normalized spacial score (nSPS) is 17.6. The van der Waals surface area contributed by atoms with E-state index in [9.17, 15) is 19.5 Å². The number of hydrogen-bond acceptors (Lipinski definition) is 4. The third kappa shape index (κ3) is 3.05. The molecule has 0 aromatic heterocycles. The fourth-order valence-corrected chi connectivity index (χ4v) is 2.05. The first kappa shape index (κ1) is 13.9. The van der Waals surface area contributed by atoms with Crippen LogP contribution in [0.15, 0.2) is 24.3 Å². The van der Waals surface area contributed by atoms with Gasteiger partial charge in [-0.2, -0.15) is 0 Å². The zero-order chi connectivity index (χ0) is 14.7. The molecule has 2 amide bonds. The lowest BCUT2D eigenvalue weighted by atomic mass is 10.1. The number of carboxylic acid groups (broad SMARTS) is 1. The molecule has 20 heavy (non-hydrogen) atoms. The number of anilines is 1. The molecule has 106 valence electrons. The van der Waals surface area contributed by atoms with Gasteiger partial charge in [0.25, 0.3) is 0 Å². The number of aliphatic carboxylic acids is 1. The molecule has 7 heteroatoms. The van der Waals surface area contributed by atoms with Gasteiger partial charge in [-0.25, -0.2) is 0 Å². The first-order chi connectivity index (χ1) is 9.47. The summed E-state index contributed by atoms with van der Waals surface area (Å²) in [6, 6.07) is 4.94. The molecule has 1 aliphatic heterocycles. The molecule has 0 radical (unpaired) electrons. The van der Waals surface area contributed by atoms with E-state index in [1.165, 1.54) is 24.3 Å². The van der Waals surface area contributed by atoms with Crippen molar-refractivity contribution < 1.29 is 24.6 Å². The van der Waals surface area contributed by atoms with Crippen molar-refractivity contribution in [2.45, 2.75) is 18.9 Å². The quantitative estimate of drug-likeness (QED) is 0.723. The SMILES string of the molecule is O=C(O)CN(C(=O)C1CCC(=O)N1)c1ccc(O)cc1. The first-order valence-corrected chi connectivity index (χ1v) is 6.09. The fourth-order valence-electron chi connectivity index (χ4n) is 2.05. The minimum Gasteiger partial charge on any atom is -0.508 e. The lowest BCUT2D eigenvalue weighted by Crippen LogP contribution is -2.46. The second kappa shape index (κ2) is 5.60. The Morgan fingerprint density at radius 2 is 1.95 bits per heavy atom. The number of carbonyl (C=O) groups excluding carboxylic acids is 2. The molecule has 1 atom stereocenters. The standard InChI is InChI=1S/C13H14N2O5/c16-9-3-1-8(2-4-9)15(7-12(18)19)13(20)10-5-6-11(17)14-10/h1-4,10,16H,5-7H2,(H,14,17)(H,18,19). The molecular formula is C13H14N2O5. The number of nitrogens with one attached hydrogen (secondary N) is 1. The summed E-state index contributed by atoms with van der Waals surface area (Å²) in [5.41, 5.74) is 0.358. The van der Waals surface area contributed by atoms with Crippen LogP contribution in [0.5, 0.6) is 5.75 Å². The van der Waals surface area contributed by atoms with E-state index < -0.39 is 24.5 Å². The second-order valence-corrected chi connectivity index (χ2v) is 4.49. The smallest absolute Gasteiger partial charge is 0.323 e. The molecule has 1 heterocycles. The largest absolute Gasteiger partial charge is 0.508 e. The molecule has 0 aliphatic carbocycles. The Morgan fingerprint density at radius 1 is 1.30 bits per heavy atom. The summed E-state index contributed by atoms with van der Waals surface area (Å²) < 4.78 is 0.